The fourth-order valence-electron chi connectivity index (χ4n) is 5.01. The van der Waals surface area contributed by atoms with Gasteiger partial charge in [0.05, 0.1) is 7.11 Å². The molecule has 5 aromatic carbocycles. The first-order chi connectivity index (χ1) is 22.8. The van der Waals surface area contributed by atoms with Gasteiger partial charge in [-0.05, 0) is 103 Å². The maximum Gasteiger partial charge on any atom is 0.513 e. The lowest BCUT2D eigenvalue weighted by atomic mass is 9.95. The third-order valence-corrected chi connectivity index (χ3v) is 7.38. The van der Waals surface area contributed by atoms with Crippen LogP contribution in [0.3, 0.4) is 0 Å². The molecule has 0 saturated heterocycles. The molecule has 0 bridgehead atoms. The molecule has 0 N–H and O–H groups in total. The van der Waals surface area contributed by atoms with Gasteiger partial charge in [0, 0.05) is 24.0 Å². The van der Waals surface area contributed by atoms with Crippen LogP contribution in [0.4, 0.5) is 21.9 Å². The van der Waals surface area contributed by atoms with E-state index in [-0.39, 0.29) is 13.2 Å². The molecule has 0 spiro atoms. The Hall–Kier alpha value is -5.82. The van der Waals surface area contributed by atoms with Gasteiger partial charge in [0.2, 0.25) is 0 Å². The van der Waals surface area contributed by atoms with Gasteiger partial charge in [-0.1, -0.05) is 71.8 Å². The minimum absolute atomic E-state index is 0.0419. The first kappa shape index (κ1) is 32.6. The quantitative estimate of drug-likeness (QED) is 0.0625. The first-order valence-corrected chi connectivity index (χ1v) is 15.3. The molecule has 0 atom stereocenters. The maximum atomic E-state index is 12.3. The molecule has 0 aliphatic heterocycles. The SMILES string of the molecule is COc1cccc(C(=Cc2ccc(N(c3ccc(C)cc3)c3ccc(C)cc3)cc2)c2cccc(OC(=O)OCCOC(C)=O)c2)c1. The lowest BCUT2D eigenvalue weighted by Crippen LogP contribution is -2.15. The minimum Gasteiger partial charge on any atom is -0.497 e. The number of anilines is 3. The number of esters is 1. The van der Waals surface area contributed by atoms with Crippen molar-refractivity contribution in [1.29, 1.82) is 0 Å². The number of benzene rings is 5. The van der Waals surface area contributed by atoms with Gasteiger partial charge in [0.15, 0.2) is 0 Å². The highest BCUT2D eigenvalue weighted by molar-refractivity contribution is 5.92. The molecule has 7 nitrogen and oxygen atoms in total. The zero-order chi connectivity index (χ0) is 33.2. The number of aryl methyl sites for hydroxylation is 2. The van der Waals surface area contributed by atoms with Crippen molar-refractivity contribution in [2.24, 2.45) is 0 Å². The maximum absolute atomic E-state index is 12.3. The van der Waals surface area contributed by atoms with Gasteiger partial charge < -0.3 is 23.8 Å². The van der Waals surface area contributed by atoms with E-state index in [0.717, 1.165) is 45.1 Å². The number of methoxy groups -OCH3 is 1. The van der Waals surface area contributed by atoms with Crippen molar-refractivity contribution in [1.82, 2.24) is 0 Å². The van der Waals surface area contributed by atoms with Crippen LogP contribution in [0.15, 0.2) is 121 Å². The lowest BCUT2D eigenvalue weighted by Gasteiger charge is -2.26. The molecule has 0 amide bonds. The summed E-state index contributed by atoms with van der Waals surface area (Å²) in [6, 6.07) is 40.5. The minimum atomic E-state index is -0.886. The van der Waals surface area contributed by atoms with Crippen LogP contribution in [-0.2, 0) is 14.3 Å². The van der Waals surface area contributed by atoms with Crippen molar-refractivity contribution in [2.45, 2.75) is 20.8 Å². The van der Waals surface area contributed by atoms with E-state index in [4.69, 9.17) is 18.9 Å². The van der Waals surface area contributed by atoms with Crippen LogP contribution in [-0.4, -0.2) is 32.4 Å². The Morgan fingerprint density at radius 3 is 1.66 bits per heavy atom. The van der Waals surface area contributed by atoms with E-state index in [1.54, 1.807) is 19.2 Å². The number of hydrogen-bond donors (Lipinski definition) is 0. The molecule has 0 aliphatic carbocycles. The Kier molecular flexibility index (Phi) is 10.7. The molecule has 5 rings (SSSR count). The number of carbonyl (C=O) groups is 2. The summed E-state index contributed by atoms with van der Waals surface area (Å²) in [5.74, 6) is 0.589. The highest BCUT2D eigenvalue weighted by Gasteiger charge is 2.14. The van der Waals surface area contributed by atoms with Crippen LogP contribution in [0.2, 0.25) is 0 Å². The summed E-state index contributed by atoms with van der Waals surface area (Å²) in [5.41, 5.74) is 9.21. The van der Waals surface area contributed by atoms with Crippen molar-refractivity contribution in [3.8, 4) is 11.5 Å². The normalized spacial score (nSPS) is 11.0. The van der Waals surface area contributed by atoms with Gasteiger partial charge in [0.1, 0.15) is 24.7 Å². The summed E-state index contributed by atoms with van der Waals surface area (Å²) in [5, 5.41) is 0. The van der Waals surface area contributed by atoms with Crippen molar-refractivity contribution >= 4 is 40.8 Å². The predicted octanol–water partition coefficient (Wildman–Crippen LogP) is 9.45. The highest BCUT2D eigenvalue weighted by atomic mass is 16.7. The molecule has 0 radical (unpaired) electrons. The molecule has 5 aromatic rings. The van der Waals surface area contributed by atoms with Crippen molar-refractivity contribution in [2.75, 3.05) is 25.2 Å². The molecule has 238 valence electrons. The van der Waals surface area contributed by atoms with E-state index in [2.05, 4.69) is 97.6 Å². The summed E-state index contributed by atoms with van der Waals surface area (Å²) in [6.07, 6.45) is 1.21. The van der Waals surface area contributed by atoms with Gasteiger partial charge in [-0.2, -0.15) is 0 Å². The smallest absolute Gasteiger partial charge is 0.497 e. The fraction of sp³-hybridized carbons (Fsp3) is 0.150. The fourth-order valence-corrected chi connectivity index (χ4v) is 5.01. The largest absolute Gasteiger partial charge is 0.513 e. The average molecular weight is 628 g/mol. The molecule has 0 aromatic heterocycles. The predicted molar refractivity (Wildman–Crippen MR) is 186 cm³/mol. The second-order valence-corrected chi connectivity index (χ2v) is 11.0. The van der Waals surface area contributed by atoms with Crippen LogP contribution in [0.1, 0.15) is 34.7 Å². The van der Waals surface area contributed by atoms with Gasteiger partial charge in [0.25, 0.3) is 0 Å². The van der Waals surface area contributed by atoms with Gasteiger partial charge >= 0.3 is 12.1 Å². The lowest BCUT2D eigenvalue weighted by molar-refractivity contribution is -0.142. The molecule has 0 unspecified atom stereocenters. The van der Waals surface area contributed by atoms with Crippen LogP contribution >= 0.6 is 0 Å². The molecule has 47 heavy (non-hydrogen) atoms. The number of ether oxygens (including phenoxy) is 4. The molecule has 0 aliphatic rings. The Morgan fingerprint density at radius 1 is 0.638 bits per heavy atom. The molecule has 7 heteroatoms. The summed E-state index contributed by atoms with van der Waals surface area (Å²) in [7, 11) is 1.64. The van der Waals surface area contributed by atoms with Crippen LogP contribution < -0.4 is 14.4 Å². The molecular weight excluding hydrogens is 590 g/mol. The number of rotatable bonds is 11. The van der Waals surface area contributed by atoms with E-state index >= 15 is 0 Å². The highest BCUT2D eigenvalue weighted by Crippen LogP contribution is 2.36. The molecular formula is C40H37NO6. The van der Waals surface area contributed by atoms with Crippen LogP contribution in [0, 0.1) is 13.8 Å². The Balaban J connectivity index is 1.47. The van der Waals surface area contributed by atoms with Crippen LogP contribution in [0.25, 0.3) is 11.6 Å². The first-order valence-electron chi connectivity index (χ1n) is 15.3. The summed E-state index contributed by atoms with van der Waals surface area (Å²) < 4.78 is 20.8. The molecule has 0 heterocycles. The Labute approximate surface area is 275 Å². The summed E-state index contributed by atoms with van der Waals surface area (Å²) >= 11 is 0. The van der Waals surface area contributed by atoms with E-state index in [1.165, 1.54) is 18.1 Å². The van der Waals surface area contributed by atoms with Gasteiger partial charge in [-0.15, -0.1) is 0 Å². The van der Waals surface area contributed by atoms with Gasteiger partial charge in [-0.3, -0.25) is 4.79 Å². The Bertz CT molecular complexity index is 1800. The van der Waals surface area contributed by atoms with Gasteiger partial charge in [-0.25, -0.2) is 4.79 Å². The topological polar surface area (TPSA) is 74.3 Å². The second-order valence-electron chi connectivity index (χ2n) is 11.0. The average Bonchev–Trinajstić information content (AvgIpc) is 3.08. The number of nitrogens with zero attached hydrogens (tertiary/aromatic N) is 1. The van der Waals surface area contributed by atoms with Crippen molar-refractivity contribution in [3.63, 3.8) is 0 Å². The standard InChI is InChI=1S/C40H37NO6/c1-28-11-17-34(18-12-28)41(35-19-13-29(2)14-20-35)36-21-15-31(16-22-36)25-39(32-7-5-9-37(26-32)44-4)33-8-6-10-38(27-33)47-40(43)46-24-23-45-30(3)42/h5-22,25-27H,23-24H2,1-4H3. The zero-order valence-corrected chi connectivity index (χ0v) is 26.9. The third-order valence-electron chi connectivity index (χ3n) is 7.38. The van der Waals surface area contributed by atoms with E-state index in [0.29, 0.717) is 5.75 Å². The molecule has 0 saturated carbocycles. The van der Waals surface area contributed by atoms with E-state index in [1.807, 2.05) is 36.4 Å². The summed E-state index contributed by atoms with van der Waals surface area (Å²) in [4.78, 5) is 25.5. The van der Waals surface area contributed by atoms with E-state index in [9.17, 15) is 9.59 Å². The third kappa shape index (κ3) is 8.89. The Morgan fingerprint density at radius 2 is 1.13 bits per heavy atom. The second kappa shape index (κ2) is 15.5. The number of hydrogen-bond acceptors (Lipinski definition) is 7. The van der Waals surface area contributed by atoms with Crippen molar-refractivity contribution < 1.29 is 28.5 Å². The summed E-state index contributed by atoms with van der Waals surface area (Å²) in [6.45, 7) is 5.32. The number of carbonyl (C=O) groups excluding carboxylic acids is 2. The van der Waals surface area contributed by atoms with E-state index < -0.39 is 12.1 Å². The molecule has 0 fully saturated rings. The van der Waals surface area contributed by atoms with Crippen LogP contribution in [0.5, 0.6) is 11.5 Å². The monoisotopic (exact) mass is 627 g/mol. The zero-order valence-electron chi connectivity index (χ0n) is 26.9. The van der Waals surface area contributed by atoms with Crippen molar-refractivity contribution in [3.05, 3.63) is 149 Å².